The van der Waals surface area contributed by atoms with Crippen molar-refractivity contribution in [2.24, 2.45) is 5.92 Å². The lowest BCUT2D eigenvalue weighted by Crippen LogP contribution is -2.34. The summed E-state index contributed by atoms with van der Waals surface area (Å²) in [5, 5.41) is 2.92. The maximum absolute atomic E-state index is 13.8. The quantitative estimate of drug-likeness (QED) is 0.579. The molecular formula is C17H24FNO2S. The molecule has 0 heterocycles. The van der Waals surface area contributed by atoms with Gasteiger partial charge in [0.15, 0.2) is 5.78 Å². The Labute approximate surface area is 136 Å². The van der Waals surface area contributed by atoms with E-state index >= 15 is 0 Å². The van der Waals surface area contributed by atoms with Gasteiger partial charge in [-0.3, -0.25) is 9.59 Å². The molecule has 0 saturated carbocycles. The Kier molecular flexibility index (Phi) is 7.59. The number of ketones is 1. The van der Waals surface area contributed by atoms with Crippen LogP contribution in [0.3, 0.4) is 0 Å². The van der Waals surface area contributed by atoms with E-state index in [1.807, 2.05) is 6.92 Å². The van der Waals surface area contributed by atoms with Crippen molar-refractivity contribution in [1.82, 2.24) is 5.32 Å². The molecule has 0 radical (unpaired) electrons. The average molecular weight is 325 g/mol. The summed E-state index contributed by atoms with van der Waals surface area (Å²) in [6.07, 6.45) is 2.01. The van der Waals surface area contributed by atoms with E-state index in [0.29, 0.717) is 16.4 Å². The first-order chi connectivity index (χ1) is 10.3. The van der Waals surface area contributed by atoms with Crippen LogP contribution in [0, 0.1) is 11.7 Å². The van der Waals surface area contributed by atoms with Crippen LogP contribution in [-0.2, 0) is 4.79 Å². The number of benzene rings is 1. The molecular weight excluding hydrogens is 301 g/mol. The molecule has 1 aromatic carbocycles. The molecule has 0 aliphatic carbocycles. The molecule has 1 N–H and O–H groups in total. The Morgan fingerprint density at radius 2 is 1.91 bits per heavy atom. The van der Waals surface area contributed by atoms with E-state index in [9.17, 15) is 14.0 Å². The van der Waals surface area contributed by atoms with Gasteiger partial charge in [0, 0.05) is 16.5 Å². The highest BCUT2D eigenvalue weighted by Crippen LogP contribution is 2.22. The summed E-state index contributed by atoms with van der Waals surface area (Å²) >= 11 is 1.14. The molecule has 1 unspecified atom stereocenters. The number of rotatable bonds is 8. The van der Waals surface area contributed by atoms with E-state index in [1.165, 1.54) is 13.0 Å². The van der Waals surface area contributed by atoms with E-state index in [0.717, 1.165) is 24.6 Å². The highest BCUT2D eigenvalue weighted by atomic mass is 32.2. The van der Waals surface area contributed by atoms with Crippen molar-refractivity contribution < 1.29 is 14.0 Å². The van der Waals surface area contributed by atoms with E-state index in [-0.39, 0.29) is 23.5 Å². The molecule has 1 aromatic rings. The third kappa shape index (κ3) is 6.60. The summed E-state index contributed by atoms with van der Waals surface area (Å²) in [4.78, 5) is 23.4. The van der Waals surface area contributed by atoms with Gasteiger partial charge in [-0.05, 0) is 44.7 Å². The minimum absolute atomic E-state index is 0.101. The number of carbonyl (C=O) groups excluding carboxylic acids is 2. The highest BCUT2D eigenvalue weighted by Gasteiger charge is 2.11. The zero-order chi connectivity index (χ0) is 16.7. The topological polar surface area (TPSA) is 46.2 Å². The molecule has 0 fully saturated rings. The van der Waals surface area contributed by atoms with Gasteiger partial charge in [-0.1, -0.05) is 19.9 Å². The summed E-state index contributed by atoms with van der Waals surface area (Å²) in [5.74, 6) is 0.0481. The van der Waals surface area contributed by atoms with Crippen LogP contribution in [0.2, 0.25) is 0 Å². The molecule has 0 saturated heterocycles. The minimum Gasteiger partial charge on any atom is -0.353 e. The van der Waals surface area contributed by atoms with E-state index in [4.69, 9.17) is 0 Å². The summed E-state index contributed by atoms with van der Waals surface area (Å²) in [6, 6.07) is 4.47. The second-order valence-corrected chi connectivity index (χ2v) is 6.95. The summed E-state index contributed by atoms with van der Waals surface area (Å²) in [5.41, 5.74) is 0.341. The summed E-state index contributed by atoms with van der Waals surface area (Å²) < 4.78 is 13.8. The maximum Gasteiger partial charge on any atom is 0.230 e. The molecule has 122 valence electrons. The third-order valence-electron chi connectivity index (χ3n) is 3.28. The number of halogens is 1. The first-order valence-electron chi connectivity index (χ1n) is 7.52. The SMILES string of the molecule is CC(=O)c1ccc(SCC(=O)NC(C)CCC(C)C)c(F)c1. The van der Waals surface area contributed by atoms with Gasteiger partial charge in [-0.25, -0.2) is 4.39 Å². The van der Waals surface area contributed by atoms with Gasteiger partial charge < -0.3 is 5.32 Å². The number of nitrogens with one attached hydrogen (secondary N) is 1. The van der Waals surface area contributed by atoms with Crippen LogP contribution in [-0.4, -0.2) is 23.5 Å². The number of Topliss-reactive ketones (excluding diaryl/α,β-unsaturated/α-hetero) is 1. The monoisotopic (exact) mass is 325 g/mol. The fourth-order valence-electron chi connectivity index (χ4n) is 1.95. The number of hydrogen-bond acceptors (Lipinski definition) is 3. The molecule has 1 rings (SSSR count). The van der Waals surface area contributed by atoms with Crippen LogP contribution in [0.1, 0.15) is 50.9 Å². The molecule has 1 atom stereocenters. The lowest BCUT2D eigenvalue weighted by atomic mass is 10.0. The van der Waals surface area contributed by atoms with Crippen molar-refractivity contribution in [1.29, 1.82) is 0 Å². The van der Waals surface area contributed by atoms with Gasteiger partial charge in [0.05, 0.1) is 5.75 Å². The third-order valence-corrected chi connectivity index (χ3v) is 4.33. The second kappa shape index (κ2) is 8.93. The molecule has 22 heavy (non-hydrogen) atoms. The molecule has 5 heteroatoms. The van der Waals surface area contributed by atoms with Gasteiger partial charge in [0.1, 0.15) is 5.82 Å². The smallest absolute Gasteiger partial charge is 0.230 e. The lowest BCUT2D eigenvalue weighted by Gasteiger charge is -2.15. The second-order valence-electron chi connectivity index (χ2n) is 5.93. The van der Waals surface area contributed by atoms with Crippen LogP contribution in [0.15, 0.2) is 23.1 Å². The molecule has 0 aliphatic rings. The highest BCUT2D eigenvalue weighted by molar-refractivity contribution is 8.00. The van der Waals surface area contributed by atoms with E-state index in [1.54, 1.807) is 12.1 Å². The zero-order valence-corrected chi connectivity index (χ0v) is 14.4. The fourth-order valence-corrected chi connectivity index (χ4v) is 2.68. The Morgan fingerprint density at radius 3 is 2.45 bits per heavy atom. The fraction of sp³-hybridized carbons (Fsp3) is 0.529. The van der Waals surface area contributed by atoms with Crippen LogP contribution < -0.4 is 5.32 Å². The summed E-state index contributed by atoms with van der Waals surface area (Å²) in [7, 11) is 0. The minimum atomic E-state index is -0.460. The normalized spacial score (nSPS) is 12.3. The first-order valence-corrected chi connectivity index (χ1v) is 8.50. The molecule has 0 aromatic heterocycles. The maximum atomic E-state index is 13.8. The van der Waals surface area contributed by atoms with Crippen LogP contribution in [0.25, 0.3) is 0 Å². The van der Waals surface area contributed by atoms with Crippen molar-refractivity contribution >= 4 is 23.5 Å². The number of hydrogen-bond donors (Lipinski definition) is 1. The van der Waals surface area contributed by atoms with Crippen molar-refractivity contribution in [2.75, 3.05) is 5.75 Å². The molecule has 3 nitrogen and oxygen atoms in total. The van der Waals surface area contributed by atoms with Crippen LogP contribution in [0.5, 0.6) is 0 Å². The summed E-state index contributed by atoms with van der Waals surface area (Å²) in [6.45, 7) is 7.68. The van der Waals surface area contributed by atoms with Gasteiger partial charge in [0.25, 0.3) is 0 Å². The van der Waals surface area contributed by atoms with Gasteiger partial charge in [-0.15, -0.1) is 11.8 Å². The zero-order valence-electron chi connectivity index (χ0n) is 13.6. The predicted molar refractivity (Wildman–Crippen MR) is 88.8 cm³/mol. The van der Waals surface area contributed by atoms with E-state index < -0.39 is 5.82 Å². The van der Waals surface area contributed by atoms with Crippen molar-refractivity contribution in [2.45, 2.75) is 51.5 Å². The Hall–Kier alpha value is -1.36. The van der Waals surface area contributed by atoms with Gasteiger partial charge in [0.2, 0.25) is 5.91 Å². The number of thioether (sulfide) groups is 1. The number of amides is 1. The molecule has 0 bridgehead atoms. The standard InChI is InChI=1S/C17H24FNO2S/c1-11(2)5-6-12(3)19-17(21)10-22-16-8-7-14(13(4)20)9-15(16)18/h7-9,11-12H,5-6,10H2,1-4H3,(H,19,21). The van der Waals surface area contributed by atoms with Crippen molar-refractivity contribution in [3.63, 3.8) is 0 Å². The first kappa shape index (κ1) is 18.7. The average Bonchev–Trinajstić information content (AvgIpc) is 2.43. The largest absolute Gasteiger partial charge is 0.353 e. The van der Waals surface area contributed by atoms with Crippen LogP contribution in [0.4, 0.5) is 4.39 Å². The van der Waals surface area contributed by atoms with Gasteiger partial charge >= 0.3 is 0 Å². The molecule has 1 amide bonds. The van der Waals surface area contributed by atoms with Crippen molar-refractivity contribution in [3.05, 3.63) is 29.6 Å². The van der Waals surface area contributed by atoms with Gasteiger partial charge in [-0.2, -0.15) is 0 Å². The Balaban J connectivity index is 2.45. The predicted octanol–water partition coefficient (Wildman–Crippen LogP) is 4.06. The molecule has 0 aliphatic heterocycles. The Bertz CT molecular complexity index is 531. The lowest BCUT2D eigenvalue weighted by molar-refractivity contribution is -0.119. The molecule has 0 spiro atoms. The van der Waals surface area contributed by atoms with Crippen molar-refractivity contribution in [3.8, 4) is 0 Å². The van der Waals surface area contributed by atoms with E-state index in [2.05, 4.69) is 19.2 Å². The Morgan fingerprint density at radius 1 is 1.23 bits per heavy atom. The number of carbonyl (C=O) groups is 2. The van der Waals surface area contributed by atoms with Crippen LogP contribution >= 0.6 is 11.8 Å².